The number of hydrogen-bond donors (Lipinski definition) is 0. The number of methoxy groups -OCH3 is 1. The molecule has 0 N–H and O–H groups in total. The molecule has 39 heavy (non-hydrogen) atoms. The monoisotopic (exact) mass is 527 g/mol. The van der Waals surface area contributed by atoms with Gasteiger partial charge in [0.2, 0.25) is 0 Å². The van der Waals surface area contributed by atoms with E-state index in [1.165, 1.54) is 38.9 Å². The van der Waals surface area contributed by atoms with E-state index in [1.54, 1.807) is 7.11 Å². The lowest BCUT2D eigenvalue weighted by molar-refractivity contribution is -0.157. The smallest absolute Gasteiger partial charge is 0.312 e. The Morgan fingerprint density at radius 2 is 1.77 bits per heavy atom. The van der Waals surface area contributed by atoms with Gasteiger partial charge in [0.15, 0.2) is 0 Å². The number of piperazine rings is 1. The Bertz CT molecular complexity index is 1400. The molecule has 2 heterocycles. The van der Waals surface area contributed by atoms with Gasteiger partial charge in [0.25, 0.3) is 0 Å². The van der Waals surface area contributed by atoms with Gasteiger partial charge in [-0.25, -0.2) is 0 Å². The zero-order valence-electron chi connectivity index (χ0n) is 24.7. The summed E-state index contributed by atoms with van der Waals surface area (Å²) >= 11 is 0. The van der Waals surface area contributed by atoms with Gasteiger partial charge in [-0.1, -0.05) is 57.5 Å². The maximum atomic E-state index is 13.6. The van der Waals surface area contributed by atoms with E-state index >= 15 is 0 Å². The number of likely N-dealkylation sites (N-methyl/N-ethyl adjacent to an activating group) is 1. The molecular weight excluding hydrogens is 482 g/mol. The van der Waals surface area contributed by atoms with Crippen molar-refractivity contribution in [2.45, 2.75) is 70.8 Å². The molecule has 3 aliphatic rings. The van der Waals surface area contributed by atoms with E-state index in [0.717, 1.165) is 58.5 Å². The molecule has 5 heteroatoms. The highest BCUT2D eigenvalue weighted by Gasteiger charge is 2.58. The Morgan fingerprint density at radius 1 is 1.03 bits per heavy atom. The van der Waals surface area contributed by atoms with Crippen molar-refractivity contribution in [3.05, 3.63) is 59.2 Å². The van der Waals surface area contributed by atoms with Crippen molar-refractivity contribution in [3.63, 3.8) is 0 Å². The summed E-state index contributed by atoms with van der Waals surface area (Å²) in [5, 5.41) is 1.31. The number of benzene rings is 2. The van der Waals surface area contributed by atoms with Crippen LogP contribution in [-0.2, 0) is 21.5 Å². The Balaban J connectivity index is 1.60. The lowest BCUT2D eigenvalue weighted by Crippen LogP contribution is -2.50. The van der Waals surface area contributed by atoms with E-state index in [9.17, 15) is 4.79 Å². The minimum atomic E-state index is -0.572. The second kappa shape index (κ2) is 9.78. The fraction of sp³-hybridized carbons (Fsp3) is 0.559. The number of fused-ring (bicyclic) bond motifs is 8. The molecule has 2 fully saturated rings. The summed E-state index contributed by atoms with van der Waals surface area (Å²) in [5.41, 5.74) is 7.45. The van der Waals surface area contributed by atoms with E-state index in [4.69, 9.17) is 4.74 Å². The highest BCUT2D eigenvalue weighted by Crippen LogP contribution is 2.65. The van der Waals surface area contributed by atoms with Crippen LogP contribution >= 0.6 is 0 Å². The van der Waals surface area contributed by atoms with Gasteiger partial charge < -0.3 is 14.2 Å². The van der Waals surface area contributed by atoms with Crippen LogP contribution in [-0.4, -0.2) is 67.2 Å². The molecule has 3 atom stereocenters. The number of carbonyl (C=O) groups is 1. The molecule has 5 nitrogen and oxygen atoms in total. The molecule has 3 aromatic rings. The van der Waals surface area contributed by atoms with Crippen molar-refractivity contribution in [2.75, 3.05) is 46.9 Å². The molecule has 0 amide bonds. The number of ether oxygens (including phenoxy) is 1. The normalized spacial score (nSPS) is 27.3. The maximum absolute atomic E-state index is 13.6. The van der Waals surface area contributed by atoms with Crippen molar-refractivity contribution in [1.29, 1.82) is 0 Å². The van der Waals surface area contributed by atoms with Gasteiger partial charge in [-0.3, -0.25) is 9.69 Å². The summed E-state index contributed by atoms with van der Waals surface area (Å²) in [5.74, 6) is 0.452. The van der Waals surface area contributed by atoms with Crippen LogP contribution in [0.4, 0.5) is 0 Å². The molecule has 0 radical (unpaired) electrons. The van der Waals surface area contributed by atoms with Gasteiger partial charge in [-0.15, -0.1) is 0 Å². The number of esters is 1. The largest absolute Gasteiger partial charge is 0.469 e. The Labute approximate surface area is 234 Å². The zero-order chi connectivity index (χ0) is 27.5. The Kier molecular flexibility index (Phi) is 6.67. The quantitative estimate of drug-likeness (QED) is 0.360. The predicted octanol–water partition coefficient (Wildman–Crippen LogP) is 6.40. The van der Waals surface area contributed by atoms with Gasteiger partial charge in [-0.05, 0) is 61.6 Å². The summed E-state index contributed by atoms with van der Waals surface area (Å²) in [6.07, 6.45) is 2.97. The topological polar surface area (TPSA) is 37.7 Å². The summed E-state index contributed by atoms with van der Waals surface area (Å²) in [6, 6.07) is 16.1. The predicted molar refractivity (Wildman–Crippen MR) is 159 cm³/mol. The van der Waals surface area contributed by atoms with Crippen LogP contribution < -0.4 is 0 Å². The fourth-order valence-electron chi connectivity index (χ4n) is 8.27. The van der Waals surface area contributed by atoms with Crippen LogP contribution in [0.2, 0.25) is 0 Å². The minimum absolute atomic E-state index is 0.0633. The third kappa shape index (κ3) is 4.07. The summed E-state index contributed by atoms with van der Waals surface area (Å²) in [4.78, 5) is 18.6. The maximum Gasteiger partial charge on any atom is 0.312 e. The first-order chi connectivity index (χ1) is 18.7. The third-order valence-corrected chi connectivity index (χ3v) is 10.4. The van der Waals surface area contributed by atoms with Crippen LogP contribution in [0.15, 0.2) is 42.5 Å². The molecule has 1 unspecified atom stereocenters. The van der Waals surface area contributed by atoms with E-state index < -0.39 is 5.41 Å². The van der Waals surface area contributed by atoms with E-state index in [0.29, 0.717) is 5.92 Å². The first kappa shape index (κ1) is 26.6. The number of carbonyl (C=O) groups excluding carboxylic acids is 1. The number of rotatable bonds is 5. The van der Waals surface area contributed by atoms with Crippen molar-refractivity contribution in [1.82, 2.24) is 14.4 Å². The highest BCUT2D eigenvalue weighted by molar-refractivity contribution is 5.96. The van der Waals surface area contributed by atoms with Crippen molar-refractivity contribution < 1.29 is 9.53 Å². The van der Waals surface area contributed by atoms with Gasteiger partial charge in [0, 0.05) is 67.1 Å². The number of para-hydroxylation sites is 1. The van der Waals surface area contributed by atoms with Crippen LogP contribution in [0.5, 0.6) is 0 Å². The number of aromatic nitrogens is 1. The van der Waals surface area contributed by atoms with E-state index in [1.807, 2.05) is 0 Å². The Hall–Kier alpha value is -2.63. The molecule has 0 bridgehead atoms. The first-order valence-corrected chi connectivity index (χ1v) is 14.9. The first-order valence-electron chi connectivity index (χ1n) is 14.9. The summed E-state index contributed by atoms with van der Waals surface area (Å²) in [7, 11) is 3.78. The van der Waals surface area contributed by atoms with Gasteiger partial charge in [0.1, 0.15) is 0 Å². The van der Waals surface area contributed by atoms with Crippen LogP contribution in [0.1, 0.15) is 75.5 Å². The second-order valence-electron chi connectivity index (χ2n) is 13.1. The number of hydrogen-bond acceptors (Lipinski definition) is 4. The van der Waals surface area contributed by atoms with Gasteiger partial charge in [-0.2, -0.15) is 0 Å². The van der Waals surface area contributed by atoms with Crippen LogP contribution in [0, 0.1) is 5.41 Å². The summed E-state index contributed by atoms with van der Waals surface area (Å²) < 4.78 is 8.13. The molecule has 1 saturated carbocycles. The molecule has 6 rings (SSSR count). The SMILES string of the molecule is COC(=O)[C@]1(C)CCC[C@]2(C)c3ccc(C(C)C)cc3-c3c(c4ccccc4n3CCN3CCN(C)CC3)C12. The molecule has 208 valence electrons. The molecule has 2 aromatic carbocycles. The van der Waals surface area contributed by atoms with Crippen LogP contribution in [0.25, 0.3) is 22.2 Å². The van der Waals surface area contributed by atoms with Crippen LogP contribution in [0.3, 0.4) is 0 Å². The lowest BCUT2D eigenvalue weighted by Gasteiger charge is -2.54. The van der Waals surface area contributed by atoms with Crippen molar-refractivity contribution in [2.24, 2.45) is 5.41 Å². The molecule has 1 aliphatic heterocycles. The fourth-order valence-corrected chi connectivity index (χ4v) is 8.27. The van der Waals surface area contributed by atoms with Crippen molar-refractivity contribution >= 4 is 16.9 Å². The minimum Gasteiger partial charge on any atom is -0.469 e. The Morgan fingerprint density at radius 3 is 2.49 bits per heavy atom. The molecular formula is C34H45N3O2. The van der Waals surface area contributed by atoms with E-state index in [2.05, 4.69) is 91.6 Å². The zero-order valence-corrected chi connectivity index (χ0v) is 24.7. The molecule has 0 spiro atoms. The van der Waals surface area contributed by atoms with Gasteiger partial charge in [0.05, 0.1) is 18.2 Å². The third-order valence-electron chi connectivity index (χ3n) is 10.4. The molecule has 1 saturated heterocycles. The summed E-state index contributed by atoms with van der Waals surface area (Å²) in [6.45, 7) is 15.6. The molecule has 1 aromatic heterocycles. The van der Waals surface area contributed by atoms with Crippen molar-refractivity contribution in [3.8, 4) is 11.3 Å². The molecule has 2 aliphatic carbocycles. The van der Waals surface area contributed by atoms with Gasteiger partial charge >= 0.3 is 5.97 Å². The standard InChI is InChI=1S/C34H45N3O2/c1-23(2)24-12-13-27-26(22-24)30-29(31-33(27,3)14-9-15-34(31,4)32(38)39-6)25-10-7-8-11-28(25)37(30)21-20-36-18-16-35(5)17-19-36/h7-8,10-13,22-23,31H,9,14-21H2,1-6H3/t31?,33-,34-/m1/s1. The average Bonchev–Trinajstić information content (AvgIpc) is 3.26. The second-order valence-corrected chi connectivity index (χ2v) is 13.1. The highest BCUT2D eigenvalue weighted by atomic mass is 16.5. The van der Waals surface area contributed by atoms with E-state index in [-0.39, 0.29) is 17.3 Å². The lowest BCUT2D eigenvalue weighted by atomic mass is 9.49. The average molecular weight is 528 g/mol. The number of nitrogens with zero attached hydrogens (tertiary/aromatic N) is 3.